The Bertz CT molecular complexity index is 1110. The van der Waals surface area contributed by atoms with Crippen molar-refractivity contribution in [2.24, 2.45) is 0 Å². The second kappa shape index (κ2) is 7.17. The van der Waals surface area contributed by atoms with Crippen LogP contribution >= 0.6 is 10.3 Å². The van der Waals surface area contributed by atoms with Crippen molar-refractivity contribution in [1.29, 1.82) is 0 Å². The van der Waals surface area contributed by atoms with Crippen molar-refractivity contribution in [1.82, 2.24) is 10.3 Å². The number of aromatic nitrogens is 1. The first-order valence-corrected chi connectivity index (χ1v) is 11.6. The van der Waals surface area contributed by atoms with E-state index in [2.05, 4.69) is 10.3 Å². The van der Waals surface area contributed by atoms with E-state index in [9.17, 15) is 13.7 Å². The molecule has 3 aromatic rings. The summed E-state index contributed by atoms with van der Waals surface area (Å²) in [5, 5.41) is 2.82. The number of carbonyl (C=O) groups excluding carboxylic acids is 1. The van der Waals surface area contributed by atoms with Crippen LogP contribution in [0, 0.1) is 5.95 Å². The number of nitrogens with one attached hydrogen (secondary N) is 1. The van der Waals surface area contributed by atoms with E-state index < -0.39 is 16.3 Å². The summed E-state index contributed by atoms with van der Waals surface area (Å²) < 4.78 is 24.8. The number of nitrogens with zero attached hydrogens (tertiary/aromatic N) is 1. The quantitative estimate of drug-likeness (QED) is 0.560. The minimum Gasteiger partial charge on any atom is -0.383 e. The molecule has 0 fully saturated rings. The van der Waals surface area contributed by atoms with Gasteiger partial charge in [0.05, 0.1) is 0 Å². The number of anilines is 1. The van der Waals surface area contributed by atoms with Crippen molar-refractivity contribution in [2.45, 2.75) is 11.3 Å². The molecule has 0 atom stereocenters. The van der Waals surface area contributed by atoms with Crippen molar-refractivity contribution in [2.75, 3.05) is 24.8 Å². The first kappa shape index (κ1) is 19.4. The highest BCUT2D eigenvalue weighted by Crippen LogP contribution is 2.45. The van der Waals surface area contributed by atoms with Crippen LogP contribution in [-0.4, -0.2) is 34.5 Å². The molecule has 4 N–H and O–H groups in total. The van der Waals surface area contributed by atoms with Gasteiger partial charge in [-0.2, -0.15) is 4.39 Å². The summed E-state index contributed by atoms with van der Waals surface area (Å²) in [5.41, 5.74) is 10.0. The Balaban J connectivity index is 1.78. The average molecular weight is 412 g/mol. The number of rotatable bonds is 3. The third-order valence-corrected chi connectivity index (χ3v) is 6.51. The number of hydrogen-bond donors (Lipinski definition) is 3. The maximum absolute atomic E-state index is 14.6. The van der Waals surface area contributed by atoms with Crippen molar-refractivity contribution in [3.63, 3.8) is 0 Å². The number of benzene rings is 2. The lowest BCUT2D eigenvalue weighted by molar-refractivity contribution is 0.0946. The Kier molecular flexibility index (Phi) is 4.80. The molecule has 1 amide bonds. The van der Waals surface area contributed by atoms with E-state index in [0.717, 1.165) is 22.4 Å². The second-order valence-electron chi connectivity index (χ2n) is 7.43. The SMILES string of the molecule is CS(C)(O)c1ccc(-c2cc(-c3ccc4c(c3)CCNC4=O)c(N)nc2F)cc1. The van der Waals surface area contributed by atoms with Crippen LogP contribution in [0.15, 0.2) is 53.4 Å². The van der Waals surface area contributed by atoms with Gasteiger partial charge < -0.3 is 15.6 Å². The fraction of sp³-hybridized carbons (Fsp3) is 0.182. The zero-order valence-electron chi connectivity index (χ0n) is 16.2. The molecular formula is C22H22FN3O2S. The summed E-state index contributed by atoms with van der Waals surface area (Å²) in [4.78, 5) is 16.7. The summed E-state index contributed by atoms with van der Waals surface area (Å²) in [5.74, 6) is -0.631. The number of fused-ring (bicyclic) bond motifs is 1. The predicted molar refractivity (Wildman–Crippen MR) is 116 cm³/mol. The van der Waals surface area contributed by atoms with Gasteiger partial charge in [0.15, 0.2) is 0 Å². The summed E-state index contributed by atoms with van der Waals surface area (Å²) in [6.07, 6.45) is 4.29. The molecule has 7 heteroatoms. The molecule has 1 aromatic heterocycles. The molecule has 1 aliphatic heterocycles. The minimum absolute atomic E-state index is 0.0854. The standard InChI is InChI=1S/C22H22FN3O2S/c1-29(2,28)16-6-3-13(4-7-16)18-12-19(21(24)26-20(18)23)14-5-8-17-15(11-14)9-10-25-22(17)27/h3-8,11-12,28H,9-10H2,1-2H3,(H2,24,26)(H,25,27). The van der Waals surface area contributed by atoms with Gasteiger partial charge in [-0.1, -0.05) is 24.3 Å². The van der Waals surface area contributed by atoms with Crippen LogP contribution < -0.4 is 11.1 Å². The van der Waals surface area contributed by atoms with E-state index >= 15 is 0 Å². The minimum atomic E-state index is -1.85. The molecule has 0 bridgehead atoms. The smallest absolute Gasteiger partial charge is 0.251 e. The molecule has 150 valence electrons. The fourth-order valence-electron chi connectivity index (χ4n) is 3.50. The molecule has 29 heavy (non-hydrogen) atoms. The third kappa shape index (κ3) is 3.71. The molecule has 2 heterocycles. The molecule has 0 spiro atoms. The maximum Gasteiger partial charge on any atom is 0.251 e. The molecule has 5 nitrogen and oxygen atoms in total. The number of amides is 1. The Morgan fingerprint density at radius 1 is 1.03 bits per heavy atom. The maximum atomic E-state index is 14.6. The van der Waals surface area contributed by atoms with Gasteiger partial charge in [-0.05, 0) is 59.9 Å². The van der Waals surface area contributed by atoms with Crippen molar-refractivity contribution in [3.05, 3.63) is 65.6 Å². The Labute approximate surface area is 170 Å². The van der Waals surface area contributed by atoms with Gasteiger partial charge in [-0.25, -0.2) is 4.98 Å². The average Bonchev–Trinajstić information content (AvgIpc) is 2.67. The van der Waals surface area contributed by atoms with Gasteiger partial charge in [0.25, 0.3) is 5.91 Å². The summed E-state index contributed by atoms with van der Waals surface area (Å²) in [6.45, 7) is 0.591. The van der Waals surface area contributed by atoms with Gasteiger partial charge in [0, 0.05) is 28.1 Å². The van der Waals surface area contributed by atoms with Crippen molar-refractivity contribution < 1.29 is 13.7 Å². The van der Waals surface area contributed by atoms with E-state index in [1.807, 2.05) is 6.07 Å². The first-order valence-electron chi connectivity index (χ1n) is 9.18. The molecule has 0 aliphatic carbocycles. The van der Waals surface area contributed by atoms with Gasteiger partial charge in [-0.15, -0.1) is 10.3 Å². The number of carbonyl (C=O) groups is 1. The van der Waals surface area contributed by atoms with E-state index in [1.165, 1.54) is 0 Å². The van der Waals surface area contributed by atoms with Crippen molar-refractivity contribution >= 4 is 22.0 Å². The van der Waals surface area contributed by atoms with E-state index in [1.54, 1.807) is 55.0 Å². The Hall–Kier alpha value is -2.90. The van der Waals surface area contributed by atoms with Crippen LogP contribution in [0.25, 0.3) is 22.3 Å². The lowest BCUT2D eigenvalue weighted by atomic mass is 9.94. The largest absolute Gasteiger partial charge is 0.383 e. The Morgan fingerprint density at radius 3 is 2.41 bits per heavy atom. The predicted octanol–water partition coefficient (Wildman–Crippen LogP) is 4.32. The number of nitrogen functional groups attached to an aromatic ring is 1. The zero-order valence-corrected chi connectivity index (χ0v) is 17.0. The van der Waals surface area contributed by atoms with E-state index in [4.69, 9.17) is 5.73 Å². The highest BCUT2D eigenvalue weighted by molar-refractivity contribution is 8.28. The van der Waals surface area contributed by atoms with E-state index in [-0.39, 0.29) is 11.7 Å². The number of halogens is 1. The van der Waals surface area contributed by atoms with Gasteiger partial charge in [-0.3, -0.25) is 4.79 Å². The normalized spacial score (nSPS) is 14.3. The highest BCUT2D eigenvalue weighted by Gasteiger charge is 2.19. The fourth-order valence-corrected chi connectivity index (χ4v) is 4.30. The molecule has 0 saturated heterocycles. The zero-order chi connectivity index (χ0) is 20.8. The number of hydrogen-bond acceptors (Lipinski definition) is 4. The topological polar surface area (TPSA) is 88.2 Å². The van der Waals surface area contributed by atoms with Crippen LogP contribution in [-0.2, 0) is 6.42 Å². The second-order valence-corrected chi connectivity index (χ2v) is 10.5. The molecule has 1 aliphatic rings. The van der Waals surface area contributed by atoms with Gasteiger partial charge in [0.2, 0.25) is 5.95 Å². The first-order chi connectivity index (χ1) is 13.7. The van der Waals surface area contributed by atoms with E-state index in [0.29, 0.717) is 28.8 Å². The molecule has 2 aromatic carbocycles. The number of nitrogens with two attached hydrogens (primary N) is 1. The summed E-state index contributed by atoms with van der Waals surface area (Å²) >= 11 is 0. The monoisotopic (exact) mass is 411 g/mol. The summed E-state index contributed by atoms with van der Waals surface area (Å²) in [6, 6.07) is 14.3. The lowest BCUT2D eigenvalue weighted by Gasteiger charge is -2.23. The molecule has 0 unspecified atom stereocenters. The number of pyridine rings is 1. The van der Waals surface area contributed by atoms with Crippen LogP contribution in [0.5, 0.6) is 0 Å². The highest BCUT2D eigenvalue weighted by atomic mass is 32.3. The van der Waals surface area contributed by atoms with Crippen LogP contribution in [0.1, 0.15) is 15.9 Å². The Morgan fingerprint density at radius 2 is 1.72 bits per heavy atom. The molecule has 0 saturated carbocycles. The molecular weight excluding hydrogens is 389 g/mol. The van der Waals surface area contributed by atoms with Crippen LogP contribution in [0.3, 0.4) is 0 Å². The van der Waals surface area contributed by atoms with Crippen molar-refractivity contribution in [3.8, 4) is 22.3 Å². The molecule has 4 rings (SSSR count). The van der Waals surface area contributed by atoms with Gasteiger partial charge in [0.1, 0.15) is 5.82 Å². The van der Waals surface area contributed by atoms with Crippen LogP contribution in [0.4, 0.5) is 10.2 Å². The third-order valence-electron chi connectivity index (χ3n) is 5.09. The van der Waals surface area contributed by atoms with Crippen LogP contribution in [0.2, 0.25) is 0 Å². The lowest BCUT2D eigenvalue weighted by Crippen LogP contribution is -2.31. The van der Waals surface area contributed by atoms with Gasteiger partial charge >= 0.3 is 0 Å². The summed E-state index contributed by atoms with van der Waals surface area (Å²) in [7, 11) is -1.85. The molecule has 0 radical (unpaired) electrons.